The van der Waals surface area contributed by atoms with Crippen molar-refractivity contribution < 1.29 is 4.74 Å². The topological polar surface area (TPSA) is 20.6 Å². The summed E-state index contributed by atoms with van der Waals surface area (Å²) in [5.74, 6) is 1.64. The largest absolute Gasteiger partial charge is 0.457 e. The average Bonchev–Trinajstić information content (AvgIpc) is 3.66. The molecular formula is C34H25N3OS. The van der Waals surface area contributed by atoms with Crippen molar-refractivity contribution in [1.82, 2.24) is 9.47 Å². The Morgan fingerprint density at radius 3 is 2.31 bits per heavy atom. The number of hydrogen-bond acceptors (Lipinski definition) is 4. The van der Waals surface area contributed by atoms with Crippen molar-refractivity contribution in [3.8, 4) is 17.2 Å². The zero-order valence-corrected chi connectivity index (χ0v) is 22.2. The molecule has 188 valence electrons. The molecule has 0 spiro atoms. The van der Waals surface area contributed by atoms with Crippen molar-refractivity contribution in [3.63, 3.8) is 0 Å². The van der Waals surface area contributed by atoms with E-state index < -0.39 is 0 Å². The molecule has 39 heavy (non-hydrogen) atoms. The Labute approximate surface area is 230 Å². The molecular weight excluding hydrogens is 498 g/mol. The number of benzene rings is 5. The fourth-order valence-corrected chi connectivity index (χ4v) is 6.87. The number of rotatable bonds is 4. The monoisotopic (exact) mass is 523 g/mol. The summed E-state index contributed by atoms with van der Waals surface area (Å²) in [6, 6.07) is 38.7. The number of para-hydroxylation sites is 1. The Morgan fingerprint density at radius 1 is 0.641 bits per heavy atom. The van der Waals surface area contributed by atoms with Gasteiger partial charge in [-0.15, -0.1) is 11.3 Å². The van der Waals surface area contributed by atoms with E-state index in [2.05, 4.69) is 137 Å². The fourth-order valence-electron chi connectivity index (χ4n) is 5.76. The first-order valence-electron chi connectivity index (χ1n) is 13.1. The Kier molecular flexibility index (Phi) is 4.94. The molecule has 0 unspecified atom stereocenters. The molecule has 0 aliphatic carbocycles. The number of nitrogens with zero attached hydrogens (tertiary/aromatic N) is 3. The van der Waals surface area contributed by atoms with E-state index in [1.807, 2.05) is 17.4 Å². The quantitative estimate of drug-likeness (QED) is 0.229. The van der Waals surface area contributed by atoms with E-state index in [9.17, 15) is 0 Å². The summed E-state index contributed by atoms with van der Waals surface area (Å²) in [6.07, 6.45) is 4.18. The first-order chi connectivity index (χ1) is 19.2. The summed E-state index contributed by atoms with van der Waals surface area (Å²) in [4.78, 5) is 4.36. The van der Waals surface area contributed by atoms with E-state index in [0.717, 1.165) is 35.1 Å². The summed E-state index contributed by atoms with van der Waals surface area (Å²) < 4.78 is 11.5. The summed E-state index contributed by atoms with van der Waals surface area (Å²) in [6.45, 7) is 0.832. The van der Waals surface area contributed by atoms with Gasteiger partial charge in [0, 0.05) is 73.9 Å². The standard InChI is InChI=1S/C34H25N3OS/c1-35-18-19-36(22-35)24-10-7-11-25(20-24)38-26-14-15-27-28-16-17-32-33(29-12-5-6-13-31(29)39-32)34(28)37(30(27)21-26)23-8-3-2-4-9-23/h2-21H,22H2,1H3. The van der Waals surface area contributed by atoms with Crippen LogP contribution in [-0.2, 0) is 0 Å². The van der Waals surface area contributed by atoms with Crippen LogP contribution in [0.2, 0.25) is 0 Å². The maximum Gasteiger partial charge on any atom is 0.129 e. The third-order valence-corrected chi connectivity index (χ3v) is 8.65. The average molecular weight is 524 g/mol. The number of hydrogen-bond donors (Lipinski definition) is 0. The highest BCUT2D eigenvalue weighted by molar-refractivity contribution is 7.26. The fraction of sp³-hybridized carbons (Fsp3) is 0.0588. The van der Waals surface area contributed by atoms with Gasteiger partial charge in [0.25, 0.3) is 0 Å². The third-order valence-electron chi connectivity index (χ3n) is 7.52. The maximum absolute atomic E-state index is 6.47. The molecule has 1 aliphatic rings. The minimum absolute atomic E-state index is 0.820. The second kappa shape index (κ2) is 8.65. The van der Waals surface area contributed by atoms with Gasteiger partial charge in [0.2, 0.25) is 0 Å². The third kappa shape index (κ3) is 3.58. The molecule has 0 bridgehead atoms. The van der Waals surface area contributed by atoms with Gasteiger partial charge in [-0.1, -0.05) is 48.5 Å². The second-order valence-electron chi connectivity index (χ2n) is 10.0. The highest BCUT2D eigenvalue weighted by Gasteiger charge is 2.19. The van der Waals surface area contributed by atoms with Gasteiger partial charge < -0.3 is 19.1 Å². The molecule has 0 saturated heterocycles. The van der Waals surface area contributed by atoms with Gasteiger partial charge in [-0.05, 0) is 48.5 Å². The Balaban J connectivity index is 1.33. The number of aromatic nitrogens is 1. The number of ether oxygens (including phenoxy) is 1. The van der Waals surface area contributed by atoms with Crippen LogP contribution in [0.1, 0.15) is 0 Å². The van der Waals surface area contributed by atoms with Gasteiger partial charge in [-0.25, -0.2) is 0 Å². The minimum Gasteiger partial charge on any atom is -0.457 e. The van der Waals surface area contributed by atoms with Crippen LogP contribution in [0.3, 0.4) is 0 Å². The molecule has 0 atom stereocenters. The summed E-state index contributed by atoms with van der Waals surface area (Å²) >= 11 is 1.86. The lowest BCUT2D eigenvalue weighted by molar-refractivity contribution is 0.481. The Morgan fingerprint density at radius 2 is 1.44 bits per heavy atom. The molecule has 3 heterocycles. The van der Waals surface area contributed by atoms with Crippen molar-refractivity contribution in [2.45, 2.75) is 0 Å². The number of anilines is 1. The van der Waals surface area contributed by atoms with Crippen molar-refractivity contribution in [1.29, 1.82) is 0 Å². The maximum atomic E-state index is 6.47. The van der Waals surface area contributed by atoms with Crippen molar-refractivity contribution in [2.24, 2.45) is 0 Å². The highest BCUT2D eigenvalue weighted by Crippen LogP contribution is 2.43. The zero-order valence-electron chi connectivity index (χ0n) is 21.4. The Bertz CT molecular complexity index is 2050. The van der Waals surface area contributed by atoms with Crippen LogP contribution in [0, 0.1) is 0 Å². The number of thiophene rings is 1. The van der Waals surface area contributed by atoms with Crippen LogP contribution in [0.15, 0.2) is 122 Å². The molecule has 0 radical (unpaired) electrons. The van der Waals surface area contributed by atoms with Gasteiger partial charge >= 0.3 is 0 Å². The first kappa shape index (κ1) is 22.3. The molecule has 0 N–H and O–H groups in total. The summed E-state index contributed by atoms with van der Waals surface area (Å²) in [7, 11) is 2.07. The minimum atomic E-state index is 0.820. The first-order valence-corrected chi connectivity index (χ1v) is 13.9. The van der Waals surface area contributed by atoms with Gasteiger partial charge in [-0.2, -0.15) is 0 Å². The highest BCUT2D eigenvalue weighted by atomic mass is 32.1. The lowest BCUT2D eigenvalue weighted by Crippen LogP contribution is -2.21. The van der Waals surface area contributed by atoms with Crippen molar-refractivity contribution in [3.05, 3.63) is 122 Å². The number of fused-ring (bicyclic) bond motifs is 7. The van der Waals surface area contributed by atoms with Gasteiger partial charge in [0.1, 0.15) is 11.5 Å². The molecule has 0 amide bonds. The molecule has 1 aliphatic heterocycles. The van der Waals surface area contributed by atoms with Gasteiger partial charge in [0.15, 0.2) is 0 Å². The van der Waals surface area contributed by atoms with Crippen LogP contribution >= 0.6 is 11.3 Å². The normalized spacial score (nSPS) is 13.5. The van der Waals surface area contributed by atoms with Gasteiger partial charge in [0.05, 0.1) is 17.7 Å². The van der Waals surface area contributed by atoms with E-state index in [1.54, 1.807) is 0 Å². The molecule has 7 aromatic rings. The smallest absolute Gasteiger partial charge is 0.129 e. The van der Waals surface area contributed by atoms with E-state index in [4.69, 9.17) is 4.74 Å². The molecule has 5 aromatic carbocycles. The SMILES string of the molecule is CN1C=CN(c2cccc(Oc3ccc4c5ccc6sc7ccccc7c6c5n(-c5ccccc5)c4c3)c2)C1. The van der Waals surface area contributed by atoms with E-state index in [0.29, 0.717) is 0 Å². The lowest BCUT2D eigenvalue weighted by Gasteiger charge is -2.19. The molecule has 8 rings (SSSR count). The molecule has 0 fully saturated rings. The molecule has 5 heteroatoms. The van der Waals surface area contributed by atoms with E-state index >= 15 is 0 Å². The molecule has 0 saturated carbocycles. The van der Waals surface area contributed by atoms with Crippen LogP contribution in [0.5, 0.6) is 11.5 Å². The van der Waals surface area contributed by atoms with Gasteiger partial charge in [-0.3, -0.25) is 0 Å². The predicted octanol–water partition coefficient (Wildman–Crippen LogP) is 9.12. The van der Waals surface area contributed by atoms with Crippen molar-refractivity contribution in [2.75, 3.05) is 18.6 Å². The summed E-state index contributed by atoms with van der Waals surface area (Å²) in [5, 5.41) is 5.09. The van der Waals surface area contributed by atoms with Crippen LogP contribution < -0.4 is 9.64 Å². The summed E-state index contributed by atoms with van der Waals surface area (Å²) in [5.41, 5.74) is 4.63. The van der Waals surface area contributed by atoms with Crippen LogP contribution in [0.4, 0.5) is 5.69 Å². The van der Waals surface area contributed by atoms with Crippen LogP contribution in [-0.4, -0.2) is 23.2 Å². The van der Waals surface area contributed by atoms with Crippen LogP contribution in [0.25, 0.3) is 47.7 Å². The predicted molar refractivity (Wildman–Crippen MR) is 164 cm³/mol. The second-order valence-corrected chi connectivity index (χ2v) is 11.1. The zero-order chi connectivity index (χ0) is 25.9. The lowest BCUT2D eigenvalue weighted by atomic mass is 10.1. The molecule has 2 aromatic heterocycles. The molecule has 4 nitrogen and oxygen atoms in total. The van der Waals surface area contributed by atoms with E-state index in [1.165, 1.54) is 36.5 Å². The van der Waals surface area contributed by atoms with E-state index in [-0.39, 0.29) is 0 Å². The Hall–Kier alpha value is -4.74. The van der Waals surface area contributed by atoms with Crippen molar-refractivity contribution >= 4 is 59.0 Å².